The first-order valence-electron chi connectivity index (χ1n) is 8.58. The Hall–Kier alpha value is -3.27. The second-order valence-corrected chi connectivity index (χ2v) is 6.63. The Labute approximate surface area is 197 Å². The van der Waals surface area contributed by atoms with E-state index in [-0.39, 0.29) is 46.9 Å². The second kappa shape index (κ2) is 10.4. The SMILES string of the molecule is Cl.Cl.O=C(Nc1cccc2cnccc12)c1cc(NC(=O)c2cc(F)c(F)cc2Cl)[nH]n1. The number of carbonyl (C=O) groups is 2. The molecular weight excluding hydrogens is 487 g/mol. The Kier molecular flexibility index (Phi) is 8.09. The molecule has 3 N–H and O–H groups in total. The number of fused-ring (bicyclic) bond motifs is 1. The highest BCUT2D eigenvalue weighted by atomic mass is 35.5. The lowest BCUT2D eigenvalue weighted by molar-refractivity contribution is 0.101. The summed E-state index contributed by atoms with van der Waals surface area (Å²) >= 11 is 5.79. The molecule has 0 spiro atoms. The molecule has 32 heavy (non-hydrogen) atoms. The van der Waals surface area contributed by atoms with Crippen molar-refractivity contribution >= 4 is 70.5 Å². The fourth-order valence-electron chi connectivity index (χ4n) is 2.81. The predicted octanol–water partition coefficient (Wildman–Crippen LogP) is 5.24. The highest BCUT2D eigenvalue weighted by Crippen LogP contribution is 2.23. The number of benzene rings is 2. The van der Waals surface area contributed by atoms with E-state index in [9.17, 15) is 18.4 Å². The Balaban J connectivity index is 0.00000181. The Morgan fingerprint density at radius 1 is 0.969 bits per heavy atom. The average Bonchev–Trinajstić information content (AvgIpc) is 3.19. The van der Waals surface area contributed by atoms with Crippen molar-refractivity contribution < 1.29 is 18.4 Å². The van der Waals surface area contributed by atoms with Crippen LogP contribution < -0.4 is 10.6 Å². The number of amides is 2. The lowest BCUT2D eigenvalue weighted by Crippen LogP contribution is -2.14. The predicted molar refractivity (Wildman–Crippen MR) is 122 cm³/mol. The highest BCUT2D eigenvalue weighted by Gasteiger charge is 2.17. The lowest BCUT2D eigenvalue weighted by atomic mass is 10.1. The van der Waals surface area contributed by atoms with E-state index >= 15 is 0 Å². The molecule has 7 nitrogen and oxygen atoms in total. The van der Waals surface area contributed by atoms with Crippen LogP contribution >= 0.6 is 36.4 Å². The number of nitrogens with one attached hydrogen (secondary N) is 3. The number of anilines is 2. The van der Waals surface area contributed by atoms with E-state index in [1.165, 1.54) is 6.07 Å². The molecule has 2 heterocycles. The Bertz CT molecular complexity index is 1290. The van der Waals surface area contributed by atoms with Gasteiger partial charge in [-0.25, -0.2) is 8.78 Å². The van der Waals surface area contributed by atoms with Crippen LogP contribution in [0.1, 0.15) is 20.8 Å². The molecule has 0 aliphatic heterocycles. The summed E-state index contributed by atoms with van der Waals surface area (Å²) in [5, 5.41) is 12.9. The van der Waals surface area contributed by atoms with Gasteiger partial charge in [0.1, 0.15) is 5.82 Å². The fraction of sp³-hybridized carbons (Fsp3) is 0. The van der Waals surface area contributed by atoms with Gasteiger partial charge in [-0.2, -0.15) is 5.10 Å². The van der Waals surface area contributed by atoms with Crippen molar-refractivity contribution in [2.75, 3.05) is 10.6 Å². The number of hydrogen-bond acceptors (Lipinski definition) is 4. The van der Waals surface area contributed by atoms with E-state index in [1.54, 1.807) is 30.6 Å². The zero-order valence-electron chi connectivity index (χ0n) is 15.9. The first kappa shape index (κ1) is 25.0. The topological polar surface area (TPSA) is 99.8 Å². The molecule has 0 bridgehead atoms. The largest absolute Gasteiger partial charge is 0.320 e. The number of aromatic nitrogens is 3. The van der Waals surface area contributed by atoms with Gasteiger partial charge in [0.05, 0.1) is 10.6 Å². The van der Waals surface area contributed by atoms with Crippen molar-refractivity contribution in [3.05, 3.63) is 82.8 Å². The minimum absolute atomic E-state index is 0. The van der Waals surface area contributed by atoms with Gasteiger partial charge in [-0.15, -0.1) is 24.8 Å². The molecule has 0 unspecified atom stereocenters. The van der Waals surface area contributed by atoms with Crippen molar-refractivity contribution in [1.82, 2.24) is 15.2 Å². The van der Waals surface area contributed by atoms with Crippen LogP contribution in [0, 0.1) is 11.6 Å². The van der Waals surface area contributed by atoms with E-state index in [2.05, 4.69) is 25.8 Å². The molecular formula is C20H14Cl3F2N5O2. The molecule has 166 valence electrons. The standard InChI is InChI=1S/C20H12ClF2N5O2.2ClH/c21-13-7-15(23)14(22)6-12(13)19(29)26-18-8-17(27-28-18)20(30)25-16-3-1-2-10-9-24-5-4-11(10)16;;/h1-9H,(H,25,30)(H2,26,27,28,29);2*1H. The van der Waals surface area contributed by atoms with E-state index in [1.807, 2.05) is 6.07 Å². The number of H-pyrrole nitrogens is 1. The monoisotopic (exact) mass is 499 g/mol. The molecule has 4 rings (SSSR count). The van der Waals surface area contributed by atoms with Gasteiger partial charge in [0, 0.05) is 34.9 Å². The molecule has 0 radical (unpaired) electrons. The van der Waals surface area contributed by atoms with Crippen LogP contribution in [0.4, 0.5) is 20.3 Å². The van der Waals surface area contributed by atoms with E-state index in [0.29, 0.717) is 17.8 Å². The lowest BCUT2D eigenvalue weighted by Gasteiger charge is -2.07. The number of pyridine rings is 1. The van der Waals surface area contributed by atoms with Crippen LogP contribution in [0.3, 0.4) is 0 Å². The molecule has 0 fully saturated rings. The number of hydrogen-bond donors (Lipinski definition) is 3. The summed E-state index contributed by atoms with van der Waals surface area (Å²) < 4.78 is 26.6. The normalized spacial score (nSPS) is 10.1. The Morgan fingerprint density at radius 2 is 1.72 bits per heavy atom. The van der Waals surface area contributed by atoms with Gasteiger partial charge in [-0.3, -0.25) is 19.7 Å². The van der Waals surface area contributed by atoms with Gasteiger partial charge in [0.2, 0.25) is 0 Å². The molecule has 2 amide bonds. The smallest absolute Gasteiger partial charge is 0.276 e. The molecule has 4 aromatic rings. The zero-order chi connectivity index (χ0) is 21.3. The van der Waals surface area contributed by atoms with Crippen LogP contribution in [0.25, 0.3) is 10.8 Å². The molecule has 12 heteroatoms. The van der Waals surface area contributed by atoms with Crippen LogP contribution in [-0.4, -0.2) is 27.0 Å². The number of rotatable bonds is 4. The quantitative estimate of drug-likeness (QED) is 0.334. The van der Waals surface area contributed by atoms with Crippen molar-refractivity contribution in [3.63, 3.8) is 0 Å². The van der Waals surface area contributed by atoms with Crippen LogP contribution in [0.2, 0.25) is 5.02 Å². The maximum Gasteiger partial charge on any atom is 0.276 e. The maximum absolute atomic E-state index is 13.4. The van der Waals surface area contributed by atoms with Crippen LogP contribution in [0.5, 0.6) is 0 Å². The molecule has 2 aromatic carbocycles. The summed E-state index contributed by atoms with van der Waals surface area (Å²) in [5.74, 6) is -3.60. The summed E-state index contributed by atoms with van der Waals surface area (Å²) in [7, 11) is 0. The van der Waals surface area contributed by atoms with Crippen LogP contribution in [0.15, 0.2) is 54.9 Å². The van der Waals surface area contributed by atoms with Gasteiger partial charge in [-0.05, 0) is 24.3 Å². The Morgan fingerprint density at radius 3 is 2.50 bits per heavy atom. The first-order chi connectivity index (χ1) is 14.4. The number of halogens is 5. The third kappa shape index (κ3) is 5.13. The zero-order valence-corrected chi connectivity index (χ0v) is 18.2. The minimum atomic E-state index is -1.21. The summed E-state index contributed by atoms with van der Waals surface area (Å²) in [6, 6.07) is 9.84. The summed E-state index contributed by atoms with van der Waals surface area (Å²) in [4.78, 5) is 28.8. The van der Waals surface area contributed by atoms with Crippen molar-refractivity contribution in [2.24, 2.45) is 0 Å². The number of carbonyl (C=O) groups excluding carboxylic acids is 2. The first-order valence-corrected chi connectivity index (χ1v) is 8.95. The molecule has 0 saturated carbocycles. The van der Waals surface area contributed by atoms with E-state index in [4.69, 9.17) is 11.6 Å². The second-order valence-electron chi connectivity index (χ2n) is 6.22. The molecule has 0 aliphatic carbocycles. The van der Waals surface area contributed by atoms with Gasteiger partial charge in [-0.1, -0.05) is 23.7 Å². The maximum atomic E-state index is 13.4. The summed E-state index contributed by atoms with van der Waals surface area (Å²) in [6.07, 6.45) is 3.29. The van der Waals surface area contributed by atoms with E-state index in [0.717, 1.165) is 10.8 Å². The van der Waals surface area contributed by atoms with E-state index < -0.39 is 23.4 Å². The van der Waals surface area contributed by atoms with Gasteiger partial charge >= 0.3 is 0 Å². The minimum Gasteiger partial charge on any atom is -0.320 e. The van der Waals surface area contributed by atoms with Crippen molar-refractivity contribution in [1.29, 1.82) is 0 Å². The third-order valence-corrected chi connectivity index (χ3v) is 4.55. The molecule has 2 aromatic heterocycles. The number of nitrogens with zero attached hydrogens (tertiary/aromatic N) is 2. The van der Waals surface area contributed by atoms with Crippen molar-refractivity contribution in [2.45, 2.75) is 0 Å². The van der Waals surface area contributed by atoms with Gasteiger partial charge in [0.25, 0.3) is 11.8 Å². The van der Waals surface area contributed by atoms with Crippen molar-refractivity contribution in [3.8, 4) is 0 Å². The van der Waals surface area contributed by atoms with Crippen LogP contribution in [-0.2, 0) is 0 Å². The fourth-order valence-corrected chi connectivity index (χ4v) is 3.04. The molecule has 0 aliphatic rings. The summed E-state index contributed by atoms with van der Waals surface area (Å²) in [5.41, 5.74) is 0.315. The molecule has 0 atom stereocenters. The van der Waals surface area contributed by atoms with Gasteiger partial charge in [0.15, 0.2) is 17.3 Å². The number of aromatic amines is 1. The highest BCUT2D eigenvalue weighted by molar-refractivity contribution is 6.34. The molecule has 0 saturated heterocycles. The average molecular weight is 501 g/mol. The van der Waals surface area contributed by atoms with Gasteiger partial charge < -0.3 is 10.6 Å². The third-order valence-electron chi connectivity index (χ3n) is 4.24. The summed E-state index contributed by atoms with van der Waals surface area (Å²) in [6.45, 7) is 0.